The molecule has 3 heterocycles. The molecule has 162 valence electrons. The van der Waals surface area contributed by atoms with Gasteiger partial charge in [0.05, 0.1) is 18.4 Å². The van der Waals surface area contributed by atoms with Crippen molar-refractivity contribution in [1.82, 2.24) is 15.4 Å². The van der Waals surface area contributed by atoms with Crippen molar-refractivity contribution in [2.24, 2.45) is 0 Å². The van der Waals surface area contributed by atoms with E-state index in [1.54, 1.807) is 18.3 Å². The zero-order valence-electron chi connectivity index (χ0n) is 17.9. The summed E-state index contributed by atoms with van der Waals surface area (Å²) in [5, 5.41) is 15.2. The highest BCUT2D eigenvalue weighted by atomic mass is 32.1. The van der Waals surface area contributed by atoms with Crippen LogP contribution in [0.25, 0.3) is 31.6 Å². The van der Waals surface area contributed by atoms with Crippen LogP contribution in [0.3, 0.4) is 0 Å². The number of nitriles is 1. The molecule has 8 heteroatoms. The van der Waals surface area contributed by atoms with Gasteiger partial charge in [0.25, 0.3) is 5.91 Å². The smallest absolute Gasteiger partial charge is 0.274 e. The van der Waals surface area contributed by atoms with E-state index < -0.39 is 0 Å². The first kappa shape index (κ1) is 20.7. The molecule has 33 heavy (non-hydrogen) atoms. The molecule has 7 nitrogen and oxygen atoms in total. The van der Waals surface area contributed by atoms with E-state index in [0.29, 0.717) is 11.1 Å². The lowest BCUT2D eigenvalue weighted by molar-refractivity contribution is 0.0537. The van der Waals surface area contributed by atoms with Crippen molar-refractivity contribution < 1.29 is 9.63 Å². The van der Waals surface area contributed by atoms with Crippen molar-refractivity contribution in [3.8, 4) is 16.5 Å². The predicted molar refractivity (Wildman–Crippen MR) is 131 cm³/mol. The van der Waals surface area contributed by atoms with Gasteiger partial charge in [-0.25, -0.2) is 10.5 Å². The molecule has 0 aliphatic carbocycles. The van der Waals surface area contributed by atoms with E-state index in [1.165, 1.54) is 18.4 Å². The van der Waals surface area contributed by atoms with Crippen LogP contribution < -0.4 is 10.8 Å². The molecule has 0 atom stereocenters. The van der Waals surface area contributed by atoms with Gasteiger partial charge in [-0.3, -0.25) is 9.63 Å². The van der Waals surface area contributed by atoms with Crippen molar-refractivity contribution in [2.45, 2.75) is 6.92 Å². The molecule has 0 fully saturated rings. The summed E-state index contributed by atoms with van der Waals surface area (Å²) in [5.74, 6) is -0.304. The molecule has 0 saturated heterocycles. The van der Waals surface area contributed by atoms with Gasteiger partial charge in [-0.05, 0) is 54.4 Å². The maximum atomic E-state index is 11.9. The predicted octanol–water partition coefficient (Wildman–Crippen LogP) is 5.66. The molecule has 0 aliphatic rings. The summed E-state index contributed by atoms with van der Waals surface area (Å²) < 4.78 is 0. The fourth-order valence-corrected chi connectivity index (χ4v) is 4.86. The van der Waals surface area contributed by atoms with Crippen molar-refractivity contribution in [2.75, 3.05) is 12.4 Å². The lowest BCUT2D eigenvalue weighted by atomic mass is 10.1. The van der Waals surface area contributed by atoms with Crippen molar-refractivity contribution in [1.29, 1.82) is 5.26 Å². The van der Waals surface area contributed by atoms with Crippen molar-refractivity contribution in [3.05, 3.63) is 77.6 Å². The minimum Gasteiger partial charge on any atom is -0.361 e. The van der Waals surface area contributed by atoms with Crippen LogP contribution >= 0.6 is 11.3 Å². The molecule has 0 bridgehead atoms. The van der Waals surface area contributed by atoms with Crippen LogP contribution in [0, 0.1) is 18.3 Å². The number of anilines is 2. The highest BCUT2D eigenvalue weighted by Crippen LogP contribution is 2.39. The molecule has 0 radical (unpaired) electrons. The maximum absolute atomic E-state index is 11.9. The van der Waals surface area contributed by atoms with Gasteiger partial charge in [0.15, 0.2) is 0 Å². The van der Waals surface area contributed by atoms with E-state index in [0.717, 1.165) is 48.5 Å². The minimum absolute atomic E-state index is 0.304. The molecular formula is C25H19N5O2S. The fourth-order valence-electron chi connectivity index (χ4n) is 3.84. The second-order valence-electron chi connectivity index (χ2n) is 7.50. The van der Waals surface area contributed by atoms with Gasteiger partial charge in [-0.2, -0.15) is 5.26 Å². The van der Waals surface area contributed by atoms with Crippen LogP contribution in [0.5, 0.6) is 0 Å². The summed E-state index contributed by atoms with van der Waals surface area (Å²) in [6.07, 6.45) is 3.52. The number of hydrogen-bond acceptors (Lipinski definition) is 6. The zero-order chi connectivity index (χ0) is 22.9. The first-order valence-corrected chi connectivity index (χ1v) is 11.0. The second-order valence-corrected chi connectivity index (χ2v) is 8.53. The summed E-state index contributed by atoms with van der Waals surface area (Å²) in [6, 6.07) is 17.6. The molecule has 0 spiro atoms. The molecule has 2 aromatic carbocycles. The summed E-state index contributed by atoms with van der Waals surface area (Å²) in [7, 11) is 1.40. The van der Waals surface area contributed by atoms with Crippen LogP contribution in [-0.4, -0.2) is 23.0 Å². The number of aromatic nitrogens is 2. The zero-order valence-corrected chi connectivity index (χ0v) is 18.7. The van der Waals surface area contributed by atoms with Gasteiger partial charge in [-0.15, -0.1) is 11.3 Å². The van der Waals surface area contributed by atoms with E-state index in [9.17, 15) is 10.1 Å². The Morgan fingerprint density at radius 1 is 1.15 bits per heavy atom. The van der Waals surface area contributed by atoms with Gasteiger partial charge in [0.2, 0.25) is 0 Å². The lowest BCUT2D eigenvalue weighted by Gasteiger charge is -2.12. The molecule has 0 aliphatic heterocycles. The number of thiophene rings is 1. The van der Waals surface area contributed by atoms with Crippen molar-refractivity contribution >= 4 is 49.7 Å². The van der Waals surface area contributed by atoms with E-state index in [-0.39, 0.29) is 5.91 Å². The third-order valence-corrected chi connectivity index (χ3v) is 6.66. The molecule has 1 amide bonds. The van der Waals surface area contributed by atoms with Crippen LogP contribution in [-0.2, 0) is 4.84 Å². The van der Waals surface area contributed by atoms with E-state index in [1.807, 2.05) is 42.6 Å². The highest BCUT2D eigenvalue weighted by molar-refractivity contribution is 7.22. The Balaban J connectivity index is 1.56. The average Bonchev–Trinajstić information content (AvgIpc) is 3.49. The Bertz CT molecular complexity index is 1540. The number of aryl methyl sites for hydroxylation is 1. The van der Waals surface area contributed by atoms with E-state index >= 15 is 0 Å². The quantitative estimate of drug-likeness (QED) is 0.298. The fraction of sp³-hybridized carbons (Fsp3) is 0.0800. The summed E-state index contributed by atoms with van der Waals surface area (Å²) in [6.45, 7) is 2.06. The highest BCUT2D eigenvalue weighted by Gasteiger charge is 2.15. The number of pyridine rings is 1. The first-order valence-electron chi connectivity index (χ1n) is 10.2. The Morgan fingerprint density at radius 3 is 2.73 bits per heavy atom. The SMILES string of the molecule is CONC(=O)c1ccc(-c2cc3c(Nc4ccc5[nH]ccc5c4C)c(C#N)cnc3s2)cc1. The number of carbonyl (C=O) groups excluding carboxylic acids is 1. The lowest BCUT2D eigenvalue weighted by Crippen LogP contribution is -2.21. The first-order chi connectivity index (χ1) is 16.1. The van der Waals surface area contributed by atoms with Crippen LogP contribution in [0.1, 0.15) is 21.5 Å². The number of nitrogens with zero attached hydrogens (tertiary/aromatic N) is 2. The number of carbonyl (C=O) groups is 1. The number of hydrogen-bond donors (Lipinski definition) is 3. The second kappa shape index (κ2) is 8.39. The monoisotopic (exact) mass is 453 g/mol. The van der Waals surface area contributed by atoms with E-state index in [4.69, 9.17) is 0 Å². The summed E-state index contributed by atoms with van der Waals surface area (Å²) in [5.41, 5.74) is 8.10. The maximum Gasteiger partial charge on any atom is 0.274 e. The molecule has 3 N–H and O–H groups in total. The normalized spacial score (nSPS) is 10.9. The van der Waals surface area contributed by atoms with E-state index in [2.05, 4.69) is 38.6 Å². The number of nitrogens with one attached hydrogen (secondary N) is 3. The molecule has 5 rings (SSSR count). The number of rotatable bonds is 5. The van der Waals surface area contributed by atoms with Crippen LogP contribution in [0.4, 0.5) is 11.4 Å². The van der Waals surface area contributed by atoms with Gasteiger partial charge >= 0.3 is 0 Å². The number of aromatic amines is 1. The van der Waals surface area contributed by atoms with Crippen LogP contribution in [0.2, 0.25) is 0 Å². The number of amides is 1. The Morgan fingerprint density at radius 2 is 1.97 bits per heavy atom. The summed E-state index contributed by atoms with van der Waals surface area (Å²) in [4.78, 5) is 26.2. The Hall–Kier alpha value is -4.19. The molecule has 3 aromatic heterocycles. The number of benzene rings is 2. The van der Waals surface area contributed by atoms with Gasteiger partial charge in [-0.1, -0.05) is 12.1 Å². The Labute approximate surface area is 193 Å². The molecular weight excluding hydrogens is 434 g/mol. The van der Waals surface area contributed by atoms with Gasteiger partial charge < -0.3 is 10.3 Å². The topological polar surface area (TPSA) is 103 Å². The number of H-pyrrole nitrogens is 1. The number of fused-ring (bicyclic) bond motifs is 2. The third-order valence-electron chi connectivity index (χ3n) is 5.57. The third kappa shape index (κ3) is 3.69. The standard InChI is InChI=1S/C25H19N5O2S/c1-14-18-9-10-27-21(18)8-7-20(14)29-23-17(12-26)13-28-25-19(23)11-22(33-25)15-3-5-16(6-4-15)24(31)30-32-2/h3-11,13,27H,1-2H3,(H,28,29)(H,30,31). The molecule has 0 unspecified atom stereocenters. The number of hydroxylamine groups is 1. The van der Waals surface area contributed by atoms with Crippen LogP contribution in [0.15, 0.2) is 60.9 Å². The Kier molecular flexibility index (Phi) is 5.26. The minimum atomic E-state index is -0.304. The van der Waals surface area contributed by atoms with Crippen molar-refractivity contribution in [3.63, 3.8) is 0 Å². The molecule has 5 aromatic rings. The van der Waals surface area contributed by atoms with Gasteiger partial charge in [0.1, 0.15) is 10.9 Å². The summed E-state index contributed by atoms with van der Waals surface area (Å²) >= 11 is 1.54. The average molecular weight is 454 g/mol. The largest absolute Gasteiger partial charge is 0.361 e. The molecule has 0 saturated carbocycles. The van der Waals surface area contributed by atoms with Gasteiger partial charge in [0, 0.05) is 44.8 Å².